The van der Waals surface area contributed by atoms with E-state index >= 15 is 0 Å². The van der Waals surface area contributed by atoms with Gasteiger partial charge in [0.05, 0.1) is 23.0 Å². The monoisotopic (exact) mass is 423 g/mol. The van der Waals surface area contributed by atoms with Gasteiger partial charge in [0.15, 0.2) is 0 Å². The van der Waals surface area contributed by atoms with Crippen LogP contribution in [0.3, 0.4) is 0 Å². The summed E-state index contributed by atoms with van der Waals surface area (Å²) in [7, 11) is 0. The SMILES string of the molecule is CCOC(=O)c1ccc(NC(=O)C(C)Sc2nc3c(cc2C#N)CC(C)CC3)cc1. The minimum Gasteiger partial charge on any atom is -0.462 e. The number of carbonyl (C=O) groups is 2. The Kier molecular flexibility index (Phi) is 7.11. The molecule has 7 heteroatoms. The largest absolute Gasteiger partial charge is 0.462 e. The fourth-order valence-electron chi connectivity index (χ4n) is 3.37. The van der Waals surface area contributed by atoms with E-state index in [2.05, 4.69) is 18.3 Å². The smallest absolute Gasteiger partial charge is 0.338 e. The number of hydrogen-bond donors (Lipinski definition) is 1. The first-order chi connectivity index (χ1) is 14.4. The predicted molar refractivity (Wildman–Crippen MR) is 116 cm³/mol. The van der Waals surface area contributed by atoms with Gasteiger partial charge in [0, 0.05) is 11.4 Å². The maximum atomic E-state index is 12.6. The van der Waals surface area contributed by atoms with E-state index in [0.29, 0.717) is 34.4 Å². The number of nitriles is 1. The molecule has 0 aliphatic heterocycles. The number of aryl methyl sites for hydroxylation is 1. The quantitative estimate of drug-likeness (QED) is 0.548. The first kappa shape index (κ1) is 21.8. The molecular formula is C23H25N3O3S. The lowest BCUT2D eigenvalue weighted by atomic mass is 9.87. The number of amides is 1. The van der Waals surface area contributed by atoms with Crippen molar-refractivity contribution in [1.29, 1.82) is 5.26 Å². The molecule has 6 nitrogen and oxygen atoms in total. The van der Waals surface area contributed by atoms with Crippen LogP contribution in [0.4, 0.5) is 5.69 Å². The van der Waals surface area contributed by atoms with Crippen molar-refractivity contribution in [3.8, 4) is 6.07 Å². The zero-order valence-corrected chi connectivity index (χ0v) is 18.2. The second kappa shape index (κ2) is 9.77. The van der Waals surface area contributed by atoms with Gasteiger partial charge in [-0.3, -0.25) is 4.79 Å². The van der Waals surface area contributed by atoms with E-state index in [4.69, 9.17) is 9.72 Å². The van der Waals surface area contributed by atoms with Crippen molar-refractivity contribution >= 4 is 29.3 Å². The van der Waals surface area contributed by atoms with Gasteiger partial charge in [0.2, 0.25) is 5.91 Å². The van der Waals surface area contributed by atoms with E-state index in [1.54, 1.807) is 38.1 Å². The van der Waals surface area contributed by atoms with Crippen LogP contribution in [-0.2, 0) is 22.4 Å². The fraction of sp³-hybridized carbons (Fsp3) is 0.391. The first-order valence-corrected chi connectivity index (χ1v) is 11.0. The van der Waals surface area contributed by atoms with Gasteiger partial charge in [-0.1, -0.05) is 18.7 Å². The molecule has 1 aliphatic rings. The molecule has 1 N–H and O–H groups in total. The van der Waals surface area contributed by atoms with Gasteiger partial charge < -0.3 is 10.1 Å². The molecule has 0 bridgehead atoms. The summed E-state index contributed by atoms with van der Waals surface area (Å²) in [5, 5.41) is 12.6. The van der Waals surface area contributed by atoms with Gasteiger partial charge in [-0.15, -0.1) is 0 Å². The number of carbonyl (C=O) groups excluding carboxylic acids is 2. The van der Waals surface area contributed by atoms with Crippen LogP contribution in [-0.4, -0.2) is 28.7 Å². The van der Waals surface area contributed by atoms with Gasteiger partial charge >= 0.3 is 5.97 Å². The Labute approximate surface area is 181 Å². The molecule has 1 heterocycles. The van der Waals surface area contributed by atoms with Crippen molar-refractivity contribution in [3.05, 3.63) is 52.7 Å². The Bertz CT molecular complexity index is 982. The summed E-state index contributed by atoms with van der Waals surface area (Å²) in [5.74, 6) is 0.0152. The predicted octanol–water partition coefficient (Wildman–Crippen LogP) is 4.37. The number of nitrogens with one attached hydrogen (secondary N) is 1. The van der Waals surface area contributed by atoms with Gasteiger partial charge in [-0.25, -0.2) is 9.78 Å². The highest BCUT2D eigenvalue weighted by Crippen LogP contribution is 2.31. The Morgan fingerprint density at radius 3 is 2.77 bits per heavy atom. The molecule has 0 radical (unpaired) electrons. The Balaban J connectivity index is 1.67. The van der Waals surface area contributed by atoms with Crippen LogP contribution in [0.15, 0.2) is 35.4 Å². The van der Waals surface area contributed by atoms with Crippen LogP contribution in [0.2, 0.25) is 0 Å². The zero-order chi connectivity index (χ0) is 21.7. The Morgan fingerprint density at radius 1 is 1.37 bits per heavy atom. The third-order valence-corrected chi connectivity index (χ3v) is 6.14. The lowest BCUT2D eigenvalue weighted by Gasteiger charge is -2.22. The molecule has 0 fully saturated rings. The van der Waals surface area contributed by atoms with Crippen molar-refractivity contribution < 1.29 is 14.3 Å². The number of ether oxygens (including phenoxy) is 1. The van der Waals surface area contributed by atoms with E-state index in [1.165, 1.54) is 11.8 Å². The second-order valence-electron chi connectivity index (χ2n) is 7.45. The van der Waals surface area contributed by atoms with Crippen LogP contribution in [0.1, 0.15) is 54.4 Å². The number of thioether (sulfide) groups is 1. The zero-order valence-electron chi connectivity index (χ0n) is 17.4. The molecule has 0 spiro atoms. The van der Waals surface area contributed by atoms with E-state index in [1.807, 2.05) is 6.07 Å². The van der Waals surface area contributed by atoms with Crippen LogP contribution < -0.4 is 5.32 Å². The molecule has 2 aromatic rings. The molecule has 2 atom stereocenters. The van der Waals surface area contributed by atoms with Crippen LogP contribution in [0, 0.1) is 17.2 Å². The summed E-state index contributed by atoms with van der Waals surface area (Å²) in [6, 6.07) is 10.7. The molecular weight excluding hydrogens is 398 g/mol. The standard InChI is InChI=1S/C23H25N3O3S/c1-4-29-23(28)16-6-8-19(9-7-16)25-21(27)15(3)30-22-18(13-24)12-17-11-14(2)5-10-20(17)26-22/h6-9,12,14-15H,4-5,10-11H2,1-3H3,(H,25,27). The summed E-state index contributed by atoms with van der Waals surface area (Å²) in [5.41, 5.74) is 3.73. The topological polar surface area (TPSA) is 92.1 Å². The molecule has 3 rings (SSSR count). The minimum absolute atomic E-state index is 0.194. The Hall–Kier alpha value is -2.85. The van der Waals surface area contributed by atoms with E-state index < -0.39 is 11.2 Å². The average molecular weight is 424 g/mol. The third-order valence-electron chi connectivity index (χ3n) is 5.04. The highest BCUT2D eigenvalue weighted by atomic mass is 32.2. The summed E-state index contributed by atoms with van der Waals surface area (Å²) in [4.78, 5) is 29.1. The normalized spacial score (nSPS) is 16.1. The number of hydrogen-bond acceptors (Lipinski definition) is 6. The lowest BCUT2D eigenvalue weighted by molar-refractivity contribution is -0.115. The van der Waals surface area contributed by atoms with E-state index in [9.17, 15) is 14.9 Å². The molecule has 0 saturated carbocycles. The molecule has 1 amide bonds. The minimum atomic E-state index is -0.435. The van der Waals surface area contributed by atoms with Crippen molar-refractivity contribution in [3.63, 3.8) is 0 Å². The molecule has 156 valence electrons. The Morgan fingerprint density at radius 2 is 2.10 bits per heavy atom. The number of fused-ring (bicyclic) bond motifs is 1. The molecule has 1 aromatic carbocycles. The highest BCUT2D eigenvalue weighted by molar-refractivity contribution is 8.00. The summed E-state index contributed by atoms with van der Waals surface area (Å²) < 4.78 is 4.96. The van der Waals surface area contributed by atoms with Crippen molar-refractivity contribution in [2.45, 2.75) is 50.3 Å². The number of rotatable bonds is 6. The van der Waals surface area contributed by atoms with E-state index in [-0.39, 0.29) is 5.91 Å². The van der Waals surface area contributed by atoms with E-state index in [0.717, 1.165) is 30.5 Å². The third kappa shape index (κ3) is 5.19. The summed E-state index contributed by atoms with van der Waals surface area (Å²) >= 11 is 1.29. The molecule has 1 aliphatic carbocycles. The maximum absolute atomic E-state index is 12.6. The van der Waals surface area contributed by atoms with Crippen LogP contribution in [0.5, 0.6) is 0 Å². The van der Waals surface area contributed by atoms with Crippen LogP contribution in [0.25, 0.3) is 0 Å². The van der Waals surface area contributed by atoms with Gasteiger partial charge in [-0.05, 0) is 74.9 Å². The maximum Gasteiger partial charge on any atom is 0.338 e. The number of nitrogens with zero attached hydrogens (tertiary/aromatic N) is 2. The second-order valence-corrected chi connectivity index (χ2v) is 8.78. The number of aromatic nitrogens is 1. The van der Waals surface area contributed by atoms with Gasteiger partial charge in [-0.2, -0.15) is 5.26 Å². The fourth-order valence-corrected chi connectivity index (χ4v) is 4.26. The van der Waals surface area contributed by atoms with Crippen molar-refractivity contribution in [2.24, 2.45) is 5.92 Å². The molecule has 2 unspecified atom stereocenters. The highest BCUT2D eigenvalue weighted by Gasteiger charge is 2.22. The lowest BCUT2D eigenvalue weighted by Crippen LogP contribution is -2.23. The number of benzene rings is 1. The molecule has 30 heavy (non-hydrogen) atoms. The molecule has 0 saturated heterocycles. The van der Waals surface area contributed by atoms with Gasteiger partial charge in [0.25, 0.3) is 0 Å². The number of anilines is 1. The first-order valence-electron chi connectivity index (χ1n) is 10.1. The molecule has 1 aromatic heterocycles. The summed E-state index contributed by atoms with van der Waals surface area (Å²) in [6.07, 6.45) is 2.94. The van der Waals surface area contributed by atoms with Gasteiger partial charge in [0.1, 0.15) is 11.1 Å². The number of esters is 1. The van der Waals surface area contributed by atoms with Crippen molar-refractivity contribution in [1.82, 2.24) is 4.98 Å². The van der Waals surface area contributed by atoms with Crippen molar-refractivity contribution in [2.75, 3.05) is 11.9 Å². The summed E-state index contributed by atoms with van der Waals surface area (Å²) in [6.45, 7) is 6.06. The average Bonchev–Trinajstić information content (AvgIpc) is 2.74. The van der Waals surface area contributed by atoms with Crippen LogP contribution >= 0.6 is 11.8 Å². The number of pyridine rings is 1.